The van der Waals surface area contributed by atoms with Crippen LogP contribution in [0.1, 0.15) is 21.5 Å². The fourth-order valence-corrected chi connectivity index (χ4v) is 2.16. The zero-order chi connectivity index (χ0) is 15.4. The third-order valence-corrected chi connectivity index (χ3v) is 3.44. The molecular formula is C16H16ClFN2O. The predicted molar refractivity (Wildman–Crippen MR) is 83.3 cm³/mol. The molecule has 2 aromatic rings. The topological polar surface area (TPSA) is 41.1 Å². The van der Waals surface area contributed by atoms with Gasteiger partial charge in [-0.2, -0.15) is 0 Å². The molecule has 0 fully saturated rings. The van der Waals surface area contributed by atoms with Gasteiger partial charge in [-0.3, -0.25) is 4.79 Å². The van der Waals surface area contributed by atoms with Gasteiger partial charge in [-0.1, -0.05) is 17.7 Å². The second-order valence-corrected chi connectivity index (χ2v) is 5.13. The summed E-state index contributed by atoms with van der Waals surface area (Å²) in [7, 11) is 1.58. The molecule has 5 heteroatoms. The molecule has 110 valence electrons. The molecule has 2 N–H and O–H groups in total. The van der Waals surface area contributed by atoms with Gasteiger partial charge in [0.25, 0.3) is 5.91 Å². The number of benzene rings is 2. The quantitative estimate of drug-likeness (QED) is 0.903. The lowest BCUT2D eigenvalue weighted by Crippen LogP contribution is -2.18. The van der Waals surface area contributed by atoms with Gasteiger partial charge >= 0.3 is 0 Å². The first kappa shape index (κ1) is 15.3. The van der Waals surface area contributed by atoms with Crippen molar-refractivity contribution in [2.75, 3.05) is 12.4 Å². The van der Waals surface area contributed by atoms with Gasteiger partial charge in [0.2, 0.25) is 0 Å². The minimum absolute atomic E-state index is 0.160. The SMILES string of the molecule is CNC(=O)c1ccc(C)c(NCc2cc(Cl)ccc2F)c1. The van der Waals surface area contributed by atoms with Crippen LogP contribution in [0.4, 0.5) is 10.1 Å². The van der Waals surface area contributed by atoms with Crippen molar-refractivity contribution in [2.45, 2.75) is 13.5 Å². The van der Waals surface area contributed by atoms with E-state index in [9.17, 15) is 9.18 Å². The molecular weight excluding hydrogens is 291 g/mol. The molecule has 0 bridgehead atoms. The van der Waals surface area contributed by atoms with Crippen molar-refractivity contribution in [1.82, 2.24) is 5.32 Å². The van der Waals surface area contributed by atoms with Crippen LogP contribution in [-0.4, -0.2) is 13.0 Å². The summed E-state index contributed by atoms with van der Waals surface area (Å²) in [6, 6.07) is 9.78. The molecule has 0 aliphatic heterocycles. The molecule has 0 aliphatic carbocycles. The predicted octanol–water partition coefficient (Wildman–Crippen LogP) is 3.76. The Morgan fingerprint density at radius 3 is 2.71 bits per heavy atom. The van der Waals surface area contributed by atoms with Gasteiger partial charge in [0.1, 0.15) is 5.82 Å². The standard InChI is InChI=1S/C16H16ClFN2O/c1-10-3-4-11(16(21)19-2)8-15(10)20-9-12-7-13(17)5-6-14(12)18/h3-8,20H,9H2,1-2H3,(H,19,21). The molecule has 0 unspecified atom stereocenters. The molecule has 0 heterocycles. The summed E-state index contributed by atoms with van der Waals surface area (Å²) in [4.78, 5) is 11.6. The zero-order valence-corrected chi connectivity index (χ0v) is 12.6. The highest BCUT2D eigenvalue weighted by Gasteiger charge is 2.08. The van der Waals surface area contributed by atoms with E-state index >= 15 is 0 Å². The summed E-state index contributed by atoms with van der Waals surface area (Å²) in [5.41, 5.74) is 2.80. The molecule has 21 heavy (non-hydrogen) atoms. The highest BCUT2D eigenvalue weighted by Crippen LogP contribution is 2.20. The highest BCUT2D eigenvalue weighted by molar-refractivity contribution is 6.30. The van der Waals surface area contributed by atoms with Crippen LogP contribution in [0.2, 0.25) is 5.02 Å². The van der Waals surface area contributed by atoms with Crippen molar-refractivity contribution in [3.8, 4) is 0 Å². The van der Waals surface area contributed by atoms with Crippen molar-refractivity contribution >= 4 is 23.2 Å². The van der Waals surface area contributed by atoms with Crippen LogP contribution in [-0.2, 0) is 6.54 Å². The van der Waals surface area contributed by atoms with Crippen molar-refractivity contribution in [3.63, 3.8) is 0 Å². The van der Waals surface area contributed by atoms with Gasteiger partial charge < -0.3 is 10.6 Å². The summed E-state index contributed by atoms with van der Waals surface area (Å²) >= 11 is 5.87. The van der Waals surface area contributed by atoms with Crippen molar-refractivity contribution < 1.29 is 9.18 Å². The minimum Gasteiger partial charge on any atom is -0.381 e. The van der Waals surface area contributed by atoms with Gasteiger partial charge in [0.15, 0.2) is 0 Å². The lowest BCUT2D eigenvalue weighted by molar-refractivity contribution is 0.0963. The zero-order valence-electron chi connectivity index (χ0n) is 11.8. The van der Waals surface area contributed by atoms with Crippen LogP contribution in [0, 0.1) is 12.7 Å². The van der Waals surface area contributed by atoms with Crippen LogP contribution < -0.4 is 10.6 Å². The number of hydrogen-bond acceptors (Lipinski definition) is 2. The fourth-order valence-electron chi connectivity index (χ4n) is 1.97. The summed E-state index contributed by atoms with van der Waals surface area (Å²) in [6.07, 6.45) is 0. The maximum absolute atomic E-state index is 13.7. The number of carbonyl (C=O) groups is 1. The summed E-state index contributed by atoms with van der Waals surface area (Å²) in [5.74, 6) is -0.473. The number of carbonyl (C=O) groups excluding carboxylic acids is 1. The third kappa shape index (κ3) is 3.73. The van der Waals surface area contributed by atoms with E-state index in [4.69, 9.17) is 11.6 Å². The average molecular weight is 307 g/mol. The minimum atomic E-state index is -0.313. The van der Waals surface area contributed by atoms with E-state index < -0.39 is 0 Å². The van der Waals surface area contributed by atoms with Gasteiger partial charge in [-0.25, -0.2) is 4.39 Å². The first-order valence-corrected chi connectivity index (χ1v) is 6.89. The third-order valence-electron chi connectivity index (χ3n) is 3.20. The van der Waals surface area contributed by atoms with E-state index in [2.05, 4.69) is 10.6 Å². The van der Waals surface area contributed by atoms with Crippen LogP contribution in [0.3, 0.4) is 0 Å². The summed E-state index contributed by atoms with van der Waals surface area (Å²) in [6.45, 7) is 2.22. The lowest BCUT2D eigenvalue weighted by atomic mass is 10.1. The number of anilines is 1. The van der Waals surface area contributed by atoms with E-state index in [0.29, 0.717) is 22.7 Å². The van der Waals surface area contributed by atoms with Gasteiger partial charge in [-0.15, -0.1) is 0 Å². The van der Waals surface area contributed by atoms with Crippen LogP contribution >= 0.6 is 11.6 Å². The molecule has 0 saturated heterocycles. The van der Waals surface area contributed by atoms with Crippen LogP contribution in [0.5, 0.6) is 0 Å². The number of halogens is 2. The maximum atomic E-state index is 13.7. The molecule has 2 rings (SSSR count). The molecule has 0 radical (unpaired) electrons. The first-order chi connectivity index (χ1) is 10.0. The van der Waals surface area contributed by atoms with Crippen molar-refractivity contribution in [1.29, 1.82) is 0 Å². The molecule has 0 saturated carbocycles. The highest BCUT2D eigenvalue weighted by atomic mass is 35.5. The Kier molecular flexibility index (Phi) is 4.81. The Morgan fingerprint density at radius 2 is 2.00 bits per heavy atom. The molecule has 0 aromatic heterocycles. The normalized spacial score (nSPS) is 10.3. The number of amides is 1. The monoisotopic (exact) mass is 306 g/mol. The Hall–Kier alpha value is -2.07. The fraction of sp³-hybridized carbons (Fsp3) is 0.188. The van der Waals surface area contributed by atoms with Crippen molar-refractivity contribution in [2.24, 2.45) is 0 Å². The van der Waals surface area contributed by atoms with Crippen LogP contribution in [0.15, 0.2) is 36.4 Å². The molecule has 0 atom stereocenters. The smallest absolute Gasteiger partial charge is 0.251 e. The lowest BCUT2D eigenvalue weighted by Gasteiger charge is -2.12. The van der Waals surface area contributed by atoms with Crippen LogP contribution in [0.25, 0.3) is 0 Å². The van der Waals surface area contributed by atoms with E-state index in [-0.39, 0.29) is 11.7 Å². The van der Waals surface area contributed by atoms with E-state index in [0.717, 1.165) is 11.3 Å². The second kappa shape index (κ2) is 6.59. The molecule has 0 aliphatic rings. The Labute approximate surface area is 128 Å². The average Bonchev–Trinajstić information content (AvgIpc) is 2.48. The van der Waals surface area contributed by atoms with Gasteiger partial charge in [0.05, 0.1) is 0 Å². The summed E-state index contributed by atoms with van der Waals surface area (Å²) < 4.78 is 13.7. The maximum Gasteiger partial charge on any atom is 0.251 e. The van der Waals surface area contributed by atoms with Gasteiger partial charge in [0, 0.05) is 35.4 Å². The Morgan fingerprint density at radius 1 is 1.24 bits per heavy atom. The van der Waals surface area contributed by atoms with E-state index in [1.54, 1.807) is 25.2 Å². The van der Waals surface area contributed by atoms with E-state index in [1.165, 1.54) is 12.1 Å². The van der Waals surface area contributed by atoms with E-state index in [1.807, 2.05) is 13.0 Å². The van der Waals surface area contributed by atoms with Crippen molar-refractivity contribution in [3.05, 3.63) is 63.9 Å². The van der Waals surface area contributed by atoms with Gasteiger partial charge in [-0.05, 0) is 42.8 Å². The number of rotatable bonds is 4. The first-order valence-electron chi connectivity index (χ1n) is 6.52. The molecule has 2 aromatic carbocycles. The number of aryl methyl sites for hydroxylation is 1. The summed E-state index contributed by atoms with van der Waals surface area (Å²) in [5, 5.41) is 6.20. The molecule has 1 amide bonds. The number of nitrogens with one attached hydrogen (secondary N) is 2. The number of hydrogen-bond donors (Lipinski definition) is 2. The Balaban J connectivity index is 2.19. The second-order valence-electron chi connectivity index (χ2n) is 4.70. The Bertz CT molecular complexity index is 673. The largest absolute Gasteiger partial charge is 0.381 e. The molecule has 3 nitrogen and oxygen atoms in total. The molecule has 0 spiro atoms.